The average Bonchev–Trinajstić information content (AvgIpc) is 2.14. The SMILES string of the molecule is CN1CCC(C(CS(C)(=O)=O)C(=O)O)CC1. The molecule has 1 aliphatic heterocycles. The van der Waals surface area contributed by atoms with E-state index in [0.29, 0.717) is 0 Å². The van der Waals surface area contributed by atoms with Crippen LogP contribution in [0.25, 0.3) is 0 Å². The van der Waals surface area contributed by atoms with Gasteiger partial charge < -0.3 is 10.0 Å². The molecule has 1 N–H and O–H groups in total. The molecule has 0 radical (unpaired) electrons. The van der Waals surface area contributed by atoms with E-state index in [-0.39, 0.29) is 11.7 Å². The zero-order valence-electron chi connectivity index (χ0n) is 9.72. The van der Waals surface area contributed by atoms with Crippen molar-refractivity contribution in [2.45, 2.75) is 12.8 Å². The van der Waals surface area contributed by atoms with Gasteiger partial charge in [-0.15, -0.1) is 0 Å². The summed E-state index contributed by atoms with van der Waals surface area (Å²) in [6, 6.07) is 0. The topological polar surface area (TPSA) is 74.7 Å². The second kappa shape index (κ2) is 5.14. The lowest BCUT2D eigenvalue weighted by molar-refractivity contribution is -0.143. The lowest BCUT2D eigenvalue weighted by atomic mass is 9.85. The molecule has 1 heterocycles. The first-order chi connectivity index (χ1) is 7.29. The molecule has 6 heteroatoms. The van der Waals surface area contributed by atoms with Gasteiger partial charge in [-0.05, 0) is 38.9 Å². The second-order valence-corrected chi connectivity index (χ2v) is 6.86. The van der Waals surface area contributed by atoms with Crippen LogP contribution >= 0.6 is 0 Å². The van der Waals surface area contributed by atoms with Crippen molar-refractivity contribution in [1.82, 2.24) is 4.90 Å². The maximum atomic E-state index is 11.2. The summed E-state index contributed by atoms with van der Waals surface area (Å²) in [6.07, 6.45) is 2.63. The largest absolute Gasteiger partial charge is 0.481 e. The van der Waals surface area contributed by atoms with Gasteiger partial charge in [-0.2, -0.15) is 0 Å². The number of sulfone groups is 1. The summed E-state index contributed by atoms with van der Waals surface area (Å²) in [4.78, 5) is 13.2. The molecule has 5 nitrogen and oxygen atoms in total. The fourth-order valence-corrected chi connectivity index (χ4v) is 3.23. The highest BCUT2D eigenvalue weighted by molar-refractivity contribution is 7.90. The summed E-state index contributed by atoms with van der Waals surface area (Å²) in [5, 5.41) is 9.08. The van der Waals surface area contributed by atoms with Crippen LogP contribution in [0.2, 0.25) is 0 Å². The minimum Gasteiger partial charge on any atom is -0.481 e. The molecule has 0 saturated carbocycles. The van der Waals surface area contributed by atoms with Crippen molar-refractivity contribution in [2.75, 3.05) is 32.1 Å². The predicted molar refractivity (Wildman–Crippen MR) is 61.1 cm³/mol. The Bertz CT molecular complexity index is 344. The van der Waals surface area contributed by atoms with Gasteiger partial charge in [0, 0.05) is 6.26 Å². The van der Waals surface area contributed by atoms with Crippen LogP contribution in [0.5, 0.6) is 0 Å². The van der Waals surface area contributed by atoms with Gasteiger partial charge in [0.2, 0.25) is 0 Å². The van der Waals surface area contributed by atoms with E-state index in [9.17, 15) is 13.2 Å². The molecule has 1 atom stereocenters. The van der Waals surface area contributed by atoms with E-state index >= 15 is 0 Å². The van der Waals surface area contributed by atoms with Crippen LogP contribution in [0, 0.1) is 11.8 Å². The molecule has 0 amide bonds. The van der Waals surface area contributed by atoms with Gasteiger partial charge in [0.05, 0.1) is 11.7 Å². The highest BCUT2D eigenvalue weighted by Crippen LogP contribution is 2.25. The molecule has 0 aromatic rings. The molecule has 0 spiro atoms. The van der Waals surface area contributed by atoms with E-state index in [2.05, 4.69) is 4.90 Å². The van der Waals surface area contributed by atoms with Crippen LogP contribution in [0.1, 0.15) is 12.8 Å². The Labute approximate surface area is 96.4 Å². The normalized spacial score (nSPS) is 21.9. The molecule has 1 rings (SSSR count). The third-order valence-corrected chi connectivity index (χ3v) is 4.10. The van der Waals surface area contributed by atoms with Crippen molar-refractivity contribution in [3.05, 3.63) is 0 Å². The van der Waals surface area contributed by atoms with E-state index < -0.39 is 21.7 Å². The van der Waals surface area contributed by atoms with E-state index in [4.69, 9.17) is 5.11 Å². The maximum Gasteiger partial charge on any atom is 0.307 e. The predicted octanol–water partition coefficient (Wildman–Crippen LogP) is 0.0736. The van der Waals surface area contributed by atoms with Gasteiger partial charge in [-0.1, -0.05) is 0 Å². The van der Waals surface area contributed by atoms with E-state index in [1.807, 2.05) is 7.05 Å². The minimum absolute atomic E-state index is 0.0107. The first kappa shape index (κ1) is 13.4. The zero-order chi connectivity index (χ0) is 12.3. The van der Waals surface area contributed by atoms with Crippen molar-refractivity contribution in [3.8, 4) is 0 Å². The number of carbonyl (C=O) groups is 1. The molecule has 0 aliphatic carbocycles. The van der Waals surface area contributed by atoms with Gasteiger partial charge in [0.15, 0.2) is 0 Å². The van der Waals surface area contributed by atoms with Crippen LogP contribution in [-0.4, -0.2) is 56.5 Å². The Morgan fingerprint density at radius 3 is 2.31 bits per heavy atom. The quantitative estimate of drug-likeness (QED) is 0.763. The number of carboxylic acids is 1. The molecule has 0 aromatic carbocycles. The molecular weight excluding hydrogens is 230 g/mol. The third kappa shape index (κ3) is 4.09. The fourth-order valence-electron chi connectivity index (χ4n) is 2.17. The Hall–Kier alpha value is -0.620. The number of hydrogen-bond donors (Lipinski definition) is 1. The van der Waals surface area contributed by atoms with Gasteiger partial charge in [0.1, 0.15) is 9.84 Å². The number of carboxylic acid groups (broad SMARTS) is 1. The Morgan fingerprint density at radius 1 is 1.44 bits per heavy atom. The highest BCUT2D eigenvalue weighted by atomic mass is 32.2. The molecule has 1 unspecified atom stereocenters. The van der Waals surface area contributed by atoms with Gasteiger partial charge >= 0.3 is 5.97 Å². The van der Waals surface area contributed by atoms with Crippen LogP contribution in [0.4, 0.5) is 0 Å². The molecule has 94 valence electrons. The van der Waals surface area contributed by atoms with Gasteiger partial charge in [0.25, 0.3) is 0 Å². The highest BCUT2D eigenvalue weighted by Gasteiger charge is 2.32. The molecule has 0 bridgehead atoms. The van der Waals surface area contributed by atoms with Crippen LogP contribution < -0.4 is 0 Å². The number of piperidine rings is 1. The summed E-state index contributed by atoms with van der Waals surface area (Å²) in [5.74, 6) is -1.98. The number of nitrogens with zero attached hydrogens (tertiary/aromatic N) is 1. The molecule has 16 heavy (non-hydrogen) atoms. The molecule has 1 fully saturated rings. The van der Waals surface area contributed by atoms with E-state index in [1.54, 1.807) is 0 Å². The smallest absolute Gasteiger partial charge is 0.307 e. The summed E-state index contributed by atoms with van der Waals surface area (Å²) in [7, 11) is -1.24. The van der Waals surface area contributed by atoms with Crippen molar-refractivity contribution >= 4 is 15.8 Å². The fraction of sp³-hybridized carbons (Fsp3) is 0.900. The van der Waals surface area contributed by atoms with Gasteiger partial charge in [-0.3, -0.25) is 4.79 Å². The first-order valence-corrected chi connectivity index (χ1v) is 7.44. The van der Waals surface area contributed by atoms with Crippen LogP contribution in [0.15, 0.2) is 0 Å². The lowest BCUT2D eigenvalue weighted by Crippen LogP contribution is -2.38. The number of rotatable bonds is 4. The maximum absolute atomic E-state index is 11.2. The Morgan fingerprint density at radius 2 is 1.94 bits per heavy atom. The first-order valence-electron chi connectivity index (χ1n) is 5.38. The van der Waals surface area contributed by atoms with Crippen molar-refractivity contribution < 1.29 is 18.3 Å². The van der Waals surface area contributed by atoms with Crippen LogP contribution in [-0.2, 0) is 14.6 Å². The van der Waals surface area contributed by atoms with Crippen molar-refractivity contribution in [2.24, 2.45) is 11.8 Å². The summed E-state index contributed by atoms with van der Waals surface area (Å²) < 4.78 is 22.4. The second-order valence-electron chi connectivity index (χ2n) is 4.68. The van der Waals surface area contributed by atoms with Crippen molar-refractivity contribution in [1.29, 1.82) is 0 Å². The number of hydrogen-bond acceptors (Lipinski definition) is 4. The Balaban J connectivity index is 2.67. The summed E-state index contributed by atoms with van der Waals surface area (Å²) in [5.41, 5.74) is 0. The van der Waals surface area contributed by atoms with Crippen molar-refractivity contribution in [3.63, 3.8) is 0 Å². The average molecular weight is 249 g/mol. The van der Waals surface area contributed by atoms with E-state index in [0.717, 1.165) is 32.2 Å². The minimum atomic E-state index is -3.23. The number of aliphatic carboxylic acids is 1. The van der Waals surface area contributed by atoms with E-state index in [1.165, 1.54) is 0 Å². The Kier molecular flexibility index (Phi) is 4.32. The lowest BCUT2D eigenvalue weighted by Gasteiger charge is -2.32. The molecule has 0 aromatic heterocycles. The summed E-state index contributed by atoms with van der Waals surface area (Å²) >= 11 is 0. The molecule has 1 aliphatic rings. The third-order valence-electron chi connectivity index (χ3n) is 3.13. The van der Waals surface area contributed by atoms with Crippen LogP contribution in [0.3, 0.4) is 0 Å². The van der Waals surface area contributed by atoms with Gasteiger partial charge in [-0.25, -0.2) is 8.42 Å². The standard InChI is InChI=1S/C10H19NO4S/c1-11-5-3-8(4-6-11)9(10(12)13)7-16(2,14)15/h8-9H,3-7H2,1-2H3,(H,12,13). The number of likely N-dealkylation sites (tertiary alicyclic amines) is 1. The summed E-state index contributed by atoms with van der Waals surface area (Å²) in [6.45, 7) is 1.69. The molecular formula is C10H19NO4S. The monoisotopic (exact) mass is 249 g/mol. The zero-order valence-corrected chi connectivity index (χ0v) is 10.5. The molecule has 1 saturated heterocycles.